The molecule has 1 aliphatic rings. The van der Waals surface area contributed by atoms with E-state index in [1.165, 1.54) is 19.2 Å². The number of carbonyl (C=O) groups excluding carboxylic acids is 1. The number of benzene rings is 2. The first-order valence-corrected chi connectivity index (χ1v) is 9.97. The molecule has 0 aliphatic carbocycles. The van der Waals surface area contributed by atoms with Crippen molar-refractivity contribution >= 4 is 17.5 Å². The van der Waals surface area contributed by atoms with Gasteiger partial charge in [-0.1, -0.05) is 30.7 Å². The van der Waals surface area contributed by atoms with Crippen molar-refractivity contribution in [2.45, 2.75) is 38.6 Å². The average molecular weight is 406 g/mol. The Kier molecular flexibility index (Phi) is 6.79. The smallest absolute Gasteiger partial charge is 0.254 e. The third-order valence-electron chi connectivity index (χ3n) is 4.93. The van der Waals surface area contributed by atoms with Gasteiger partial charge in [0.2, 0.25) is 0 Å². The molecule has 1 atom stereocenters. The van der Waals surface area contributed by atoms with Gasteiger partial charge in [-0.15, -0.1) is 0 Å². The van der Waals surface area contributed by atoms with Crippen LogP contribution in [-0.2, 0) is 6.42 Å². The SMILES string of the molecule is CCCOc1c(Cl)cc(C(=O)N2CCCC2Cc2cccc(F)c2)cc1OC. The maximum atomic E-state index is 13.5. The van der Waals surface area contributed by atoms with Crippen LogP contribution in [0.1, 0.15) is 42.1 Å². The first kappa shape index (κ1) is 20.5. The molecule has 0 N–H and O–H groups in total. The van der Waals surface area contributed by atoms with Crippen molar-refractivity contribution in [2.75, 3.05) is 20.3 Å². The molecule has 0 aromatic heterocycles. The lowest BCUT2D eigenvalue weighted by atomic mass is 10.0. The number of methoxy groups -OCH3 is 1. The second-order valence-corrected chi connectivity index (χ2v) is 7.37. The molecule has 0 radical (unpaired) electrons. The van der Waals surface area contributed by atoms with Crippen LogP contribution in [0.25, 0.3) is 0 Å². The third kappa shape index (κ3) is 4.58. The van der Waals surface area contributed by atoms with Gasteiger partial charge in [0.05, 0.1) is 18.7 Å². The maximum absolute atomic E-state index is 13.5. The van der Waals surface area contributed by atoms with Crippen molar-refractivity contribution in [1.29, 1.82) is 0 Å². The Morgan fingerprint density at radius 3 is 2.86 bits per heavy atom. The number of likely N-dealkylation sites (tertiary alicyclic amines) is 1. The second-order valence-electron chi connectivity index (χ2n) is 6.97. The highest BCUT2D eigenvalue weighted by molar-refractivity contribution is 6.32. The summed E-state index contributed by atoms with van der Waals surface area (Å²) in [6, 6.07) is 9.90. The molecule has 1 amide bonds. The molecule has 1 fully saturated rings. The summed E-state index contributed by atoms with van der Waals surface area (Å²) in [6.45, 7) is 3.20. The van der Waals surface area contributed by atoms with Gasteiger partial charge in [0, 0.05) is 18.2 Å². The Morgan fingerprint density at radius 2 is 2.14 bits per heavy atom. The van der Waals surface area contributed by atoms with Crippen molar-refractivity contribution in [3.05, 3.63) is 58.4 Å². The zero-order valence-electron chi connectivity index (χ0n) is 16.2. The van der Waals surface area contributed by atoms with Gasteiger partial charge in [0.15, 0.2) is 11.5 Å². The average Bonchev–Trinajstić information content (AvgIpc) is 3.14. The molecule has 3 rings (SSSR count). The molecule has 2 aromatic carbocycles. The van der Waals surface area contributed by atoms with Crippen LogP contribution in [0.3, 0.4) is 0 Å². The minimum absolute atomic E-state index is 0.0371. The number of hydrogen-bond donors (Lipinski definition) is 0. The molecule has 4 nitrogen and oxygen atoms in total. The summed E-state index contributed by atoms with van der Waals surface area (Å²) < 4.78 is 24.5. The molecular formula is C22H25ClFNO3. The van der Waals surface area contributed by atoms with Crippen molar-refractivity contribution in [3.8, 4) is 11.5 Å². The number of nitrogens with zero attached hydrogens (tertiary/aromatic N) is 1. The summed E-state index contributed by atoms with van der Waals surface area (Å²) >= 11 is 6.37. The van der Waals surface area contributed by atoms with Crippen molar-refractivity contribution in [2.24, 2.45) is 0 Å². The number of amides is 1. The Morgan fingerprint density at radius 1 is 1.32 bits per heavy atom. The van der Waals surface area contributed by atoms with Crippen LogP contribution in [0.15, 0.2) is 36.4 Å². The molecule has 1 saturated heterocycles. The van der Waals surface area contributed by atoms with Gasteiger partial charge in [0.25, 0.3) is 5.91 Å². The monoisotopic (exact) mass is 405 g/mol. The molecule has 1 aliphatic heterocycles. The highest BCUT2D eigenvalue weighted by Crippen LogP contribution is 2.37. The lowest BCUT2D eigenvalue weighted by Gasteiger charge is -2.25. The van der Waals surface area contributed by atoms with Gasteiger partial charge >= 0.3 is 0 Å². The minimum atomic E-state index is -0.257. The van der Waals surface area contributed by atoms with E-state index in [4.69, 9.17) is 21.1 Å². The Bertz CT molecular complexity index is 843. The van der Waals surface area contributed by atoms with Crippen LogP contribution < -0.4 is 9.47 Å². The third-order valence-corrected chi connectivity index (χ3v) is 5.21. The largest absolute Gasteiger partial charge is 0.493 e. The summed E-state index contributed by atoms with van der Waals surface area (Å²) in [5.41, 5.74) is 1.36. The van der Waals surface area contributed by atoms with Crippen molar-refractivity contribution < 1.29 is 18.7 Å². The first-order valence-electron chi connectivity index (χ1n) is 9.59. The summed E-state index contributed by atoms with van der Waals surface area (Å²) in [5.74, 6) is 0.555. The van der Waals surface area contributed by atoms with E-state index in [0.717, 1.165) is 24.8 Å². The molecule has 0 saturated carbocycles. The molecular weight excluding hydrogens is 381 g/mol. The maximum Gasteiger partial charge on any atom is 0.254 e. The van der Waals surface area contributed by atoms with Gasteiger partial charge in [0.1, 0.15) is 5.82 Å². The Labute approximate surface area is 170 Å². The summed E-state index contributed by atoms with van der Waals surface area (Å²) in [4.78, 5) is 15.0. The summed E-state index contributed by atoms with van der Waals surface area (Å²) in [5, 5.41) is 0.358. The van der Waals surface area contributed by atoms with Crippen LogP contribution in [0.4, 0.5) is 4.39 Å². The van der Waals surface area contributed by atoms with Crippen LogP contribution >= 0.6 is 11.6 Å². The lowest BCUT2D eigenvalue weighted by Crippen LogP contribution is -2.36. The Hall–Kier alpha value is -2.27. The van der Waals surface area contributed by atoms with E-state index >= 15 is 0 Å². The number of ether oxygens (including phenoxy) is 2. The van der Waals surface area contributed by atoms with Gasteiger partial charge in [-0.3, -0.25) is 4.79 Å². The minimum Gasteiger partial charge on any atom is -0.493 e. The van der Waals surface area contributed by atoms with Crippen LogP contribution in [0, 0.1) is 5.82 Å². The van der Waals surface area contributed by atoms with E-state index in [1.54, 1.807) is 18.2 Å². The van der Waals surface area contributed by atoms with Crippen molar-refractivity contribution in [3.63, 3.8) is 0 Å². The summed E-state index contributed by atoms with van der Waals surface area (Å²) in [7, 11) is 1.53. The fourth-order valence-corrected chi connectivity index (χ4v) is 3.87. The fraction of sp³-hybridized carbons (Fsp3) is 0.409. The van der Waals surface area contributed by atoms with E-state index in [9.17, 15) is 9.18 Å². The van der Waals surface area contributed by atoms with Gasteiger partial charge < -0.3 is 14.4 Å². The van der Waals surface area contributed by atoms with E-state index in [0.29, 0.717) is 41.7 Å². The first-order chi connectivity index (χ1) is 13.5. The lowest BCUT2D eigenvalue weighted by molar-refractivity contribution is 0.0736. The Balaban J connectivity index is 1.81. The molecule has 0 bridgehead atoms. The van der Waals surface area contributed by atoms with Crippen LogP contribution in [-0.4, -0.2) is 37.1 Å². The van der Waals surface area contributed by atoms with E-state index < -0.39 is 0 Å². The standard InChI is InChI=1S/C22H25ClFNO3/c1-3-10-28-21-19(23)13-16(14-20(21)27-2)22(26)25-9-5-8-18(25)12-15-6-4-7-17(24)11-15/h4,6-7,11,13-14,18H,3,5,8-10,12H2,1-2H3. The molecule has 150 valence electrons. The number of rotatable bonds is 7. The zero-order valence-corrected chi connectivity index (χ0v) is 17.0. The van der Waals surface area contributed by atoms with E-state index in [-0.39, 0.29) is 17.8 Å². The second kappa shape index (κ2) is 9.28. The predicted molar refractivity (Wildman–Crippen MR) is 108 cm³/mol. The van der Waals surface area contributed by atoms with E-state index in [1.807, 2.05) is 17.9 Å². The quantitative estimate of drug-likeness (QED) is 0.641. The van der Waals surface area contributed by atoms with Gasteiger partial charge in [-0.05, 0) is 55.5 Å². The zero-order chi connectivity index (χ0) is 20.1. The van der Waals surface area contributed by atoms with Gasteiger partial charge in [-0.25, -0.2) is 4.39 Å². The fourth-order valence-electron chi connectivity index (χ4n) is 3.60. The number of carbonyl (C=O) groups is 1. The highest BCUT2D eigenvalue weighted by Gasteiger charge is 2.30. The molecule has 0 spiro atoms. The number of hydrogen-bond acceptors (Lipinski definition) is 3. The normalized spacial score (nSPS) is 16.3. The van der Waals surface area contributed by atoms with Crippen LogP contribution in [0.2, 0.25) is 5.02 Å². The van der Waals surface area contributed by atoms with Crippen LogP contribution in [0.5, 0.6) is 11.5 Å². The predicted octanol–water partition coefficient (Wildman–Crippen LogP) is 5.12. The van der Waals surface area contributed by atoms with E-state index in [2.05, 4.69) is 0 Å². The number of halogens is 2. The van der Waals surface area contributed by atoms with Gasteiger partial charge in [-0.2, -0.15) is 0 Å². The highest BCUT2D eigenvalue weighted by atomic mass is 35.5. The molecule has 1 unspecified atom stereocenters. The molecule has 6 heteroatoms. The molecule has 1 heterocycles. The molecule has 2 aromatic rings. The topological polar surface area (TPSA) is 38.8 Å². The summed E-state index contributed by atoms with van der Waals surface area (Å²) in [6.07, 6.45) is 3.29. The molecule has 28 heavy (non-hydrogen) atoms. The van der Waals surface area contributed by atoms with Crippen molar-refractivity contribution in [1.82, 2.24) is 4.90 Å².